The van der Waals surface area contributed by atoms with E-state index in [0.717, 1.165) is 28.5 Å². The maximum Gasteiger partial charge on any atom is 0.205 e. The van der Waals surface area contributed by atoms with Crippen LogP contribution in [0.25, 0.3) is 21.5 Å². The van der Waals surface area contributed by atoms with Crippen LogP contribution < -0.4 is 5.32 Å². The summed E-state index contributed by atoms with van der Waals surface area (Å²) in [5, 5.41) is 14.8. The van der Waals surface area contributed by atoms with Gasteiger partial charge in [-0.15, -0.1) is 10.2 Å². The van der Waals surface area contributed by atoms with Crippen LogP contribution in [0.3, 0.4) is 0 Å². The lowest BCUT2D eigenvalue weighted by Crippen LogP contribution is -1.98. The molecule has 1 aromatic carbocycles. The molecule has 22 heavy (non-hydrogen) atoms. The Hall–Kier alpha value is -2.01. The molecule has 112 valence electrons. The quantitative estimate of drug-likeness (QED) is 0.780. The van der Waals surface area contributed by atoms with Crippen molar-refractivity contribution in [1.29, 1.82) is 0 Å². The highest BCUT2D eigenvalue weighted by molar-refractivity contribution is 7.18. The third kappa shape index (κ3) is 1.92. The van der Waals surface area contributed by atoms with E-state index in [2.05, 4.69) is 41.5 Å². The number of rotatable bonds is 2. The van der Waals surface area contributed by atoms with E-state index in [1.807, 2.05) is 7.05 Å². The Morgan fingerprint density at radius 3 is 2.77 bits per heavy atom. The van der Waals surface area contributed by atoms with Crippen LogP contribution >= 0.6 is 11.3 Å². The topological polar surface area (TPSA) is 50.7 Å². The lowest BCUT2D eigenvalue weighted by molar-refractivity contribution is 0.901. The molecule has 0 atom stereocenters. The Kier molecular flexibility index (Phi) is 3.11. The van der Waals surface area contributed by atoms with Gasteiger partial charge < -0.3 is 5.32 Å². The minimum Gasteiger partial charge on any atom is -0.363 e. The summed E-state index contributed by atoms with van der Waals surface area (Å²) in [6.45, 7) is 4.31. The summed E-state index contributed by atoms with van der Waals surface area (Å²) in [7, 11) is 1.88. The number of aromatic nitrogens is 3. The van der Waals surface area contributed by atoms with Crippen LogP contribution in [0.5, 0.6) is 0 Å². The summed E-state index contributed by atoms with van der Waals surface area (Å²) < 4.78 is 0. The molecule has 3 aromatic rings. The van der Waals surface area contributed by atoms with Gasteiger partial charge in [-0.25, -0.2) is 0 Å². The standard InChI is InChI=1S/C17H18N4S/c1-9-7-8-12-14(16-20-21-17(18-3)22-16)11-5-4-6-13(11)19-15(12)10(9)2/h7-8H,4-6H2,1-3H3,(H,18,21). The Balaban J connectivity index is 2.09. The third-order valence-corrected chi connectivity index (χ3v) is 5.52. The molecule has 0 fully saturated rings. The maximum atomic E-state index is 4.97. The first kappa shape index (κ1) is 13.6. The molecule has 0 spiro atoms. The second-order valence-electron chi connectivity index (χ2n) is 5.83. The zero-order valence-electron chi connectivity index (χ0n) is 13.0. The molecule has 0 aliphatic heterocycles. The van der Waals surface area contributed by atoms with E-state index in [-0.39, 0.29) is 0 Å². The molecule has 0 amide bonds. The maximum absolute atomic E-state index is 4.97. The summed E-state index contributed by atoms with van der Waals surface area (Å²) in [6.07, 6.45) is 3.35. The molecule has 0 radical (unpaired) electrons. The number of anilines is 1. The first-order chi connectivity index (χ1) is 10.7. The van der Waals surface area contributed by atoms with Gasteiger partial charge in [0.25, 0.3) is 0 Å². The summed E-state index contributed by atoms with van der Waals surface area (Å²) in [5.41, 5.74) is 7.55. The van der Waals surface area contributed by atoms with Gasteiger partial charge >= 0.3 is 0 Å². The molecule has 2 aromatic heterocycles. The highest BCUT2D eigenvalue weighted by atomic mass is 32.1. The van der Waals surface area contributed by atoms with Crippen LogP contribution in [0.2, 0.25) is 0 Å². The number of pyridine rings is 1. The van der Waals surface area contributed by atoms with Crippen molar-refractivity contribution < 1.29 is 0 Å². The second kappa shape index (κ2) is 5.02. The summed E-state index contributed by atoms with van der Waals surface area (Å²) in [4.78, 5) is 4.97. The summed E-state index contributed by atoms with van der Waals surface area (Å²) in [5.74, 6) is 0. The van der Waals surface area contributed by atoms with E-state index in [0.29, 0.717) is 0 Å². The minimum absolute atomic E-state index is 0.857. The largest absolute Gasteiger partial charge is 0.363 e. The average molecular weight is 310 g/mol. The number of hydrogen-bond acceptors (Lipinski definition) is 5. The zero-order chi connectivity index (χ0) is 15.3. The highest BCUT2D eigenvalue weighted by Crippen LogP contribution is 2.40. The van der Waals surface area contributed by atoms with Gasteiger partial charge in [-0.2, -0.15) is 0 Å². The first-order valence-corrected chi connectivity index (χ1v) is 8.44. The third-order valence-electron chi connectivity index (χ3n) is 4.56. The van der Waals surface area contributed by atoms with Gasteiger partial charge in [0.05, 0.1) is 5.52 Å². The van der Waals surface area contributed by atoms with Crippen molar-refractivity contribution in [3.8, 4) is 10.6 Å². The monoisotopic (exact) mass is 310 g/mol. The van der Waals surface area contributed by atoms with E-state index in [1.165, 1.54) is 39.8 Å². The van der Waals surface area contributed by atoms with Crippen molar-refractivity contribution in [3.63, 3.8) is 0 Å². The molecule has 5 heteroatoms. The number of hydrogen-bond donors (Lipinski definition) is 1. The van der Waals surface area contributed by atoms with Gasteiger partial charge in [-0.3, -0.25) is 4.98 Å². The molecular formula is C17H18N4S. The predicted octanol–water partition coefficient (Wildman–Crippen LogP) is 3.90. The van der Waals surface area contributed by atoms with Crippen LogP contribution in [-0.2, 0) is 12.8 Å². The minimum atomic E-state index is 0.857. The second-order valence-corrected chi connectivity index (χ2v) is 6.81. The molecule has 1 N–H and O–H groups in total. The molecule has 1 aliphatic rings. The van der Waals surface area contributed by atoms with Crippen molar-refractivity contribution in [3.05, 3.63) is 34.5 Å². The predicted molar refractivity (Wildman–Crippen MR) is 91.7 cm³/mol. The summed E-state index contributed by atoms with van der Waals surface area (Å²) in [6, 6.07) is 4.38. The van der Waals surface area contributed by atoms with Crippen LogP contribution in [0.15, 0.2) is 12.1 Å². The fourth-order valence-electron chi connectivity index (χ4n) is 3.23. The van der Waals surface area contributed by atoms with Crippen molar-refractivity contribution >= 4 is 27.4 Å². The van der Waals surface area contributed by atoms with Gasteiger partial charge in [0, 0.05) is 23.7 Å². The SMILES string of the molecule is CNc1nnc(-c2c3c(nc4c(C)c(C)ccc24)CCC3)s1. The van der Waals surface area contributed by atoms with Gasteiger partial charge in [0.2, 0.25) is 5.13 Å². The highest BCUT2D eigenvalue weighted by Gasteiger charge is 2.23. The Labute approximate surface area is 133 Å². The summed E-state index contributed by atoms with van der Waals surface area (Å²) >= 11 is 1.62. The Morgan fingerprint density at radius 1 is 1.14 bits per heavy atom. The van der Waals surface area contributed by atoms with Crippen LogP contribution in [-0.4, -0.2) is 22.2 Å². The van der Waals surface area contributed by atoms with E-state index < -0.39 is 0 Å². The molecule has 2 heterocycles. The van der Waals surface area contributed by atoms with Crippen molar-refractivity contribution in [2.24, 2.45) is 0 Å². The number of benzene rings is 1. The molecule has 0 unspecified atom stereocenters. The molecule has 4 nitrogen and oxygen atoms in total. The van der Waals surface area contributed by atoms with Gasteiger partial charge in [0.1, 0.15) is 0 Å². The van der Waals surface area contributed by atoms with Crippen molar-refractivity contribution in [2.45, 2.75) is 33.1 Å². The van der Waals surface area contributed by atoms with Crippen molar-refractivity contribution in [2.75, 3.05) is 12.4 Å². The molecular weight excluding hydrogens is 292 g/mol. The zero-order valence-corrected chi connectivity index (χ0v) is 13.8. The Morgan fingerprint density at radius 2 is 2.00 bits per heavy atom. The lowest BCUT2D eigenvalue weighted by Gasteiger charge is -2.13. The van der Waals surface area contributed by atoms with E-state index in [4.69, 9.17) is 4.98 Å². The van der Waals surface area contributed by atoms with Crippen LogP contribution in [0, 0.1) is 13.8 Å². The van der Waals surface area contributed by atoms with Crippen LogP contribution in [0.1, 0.15) is 28.8 Å². The normalized spacial score (nSPS) is 13.6. The first-order valence-electron chi connectivity index (χ1n) is 7.62. The van der Waals surface area contributed by atoms with E-state index >= 15 is 0 Å². The number of aryl methyl sites for hydroxylation is 3. The smallest absolute Gasteiger partial charge is 0.205 e. The Bertz CT molecular complexity index is 882. The molecule has 0 bridgehead atoms. The van der Waals surface area contributed by atoms with Gasteiger partial charge in [-0.1, -0.05) is 23.5 Å². The van der Waals surface area contributed by atoms with Gasteiger partial charge in [-0.05, 0) is 49.8 Å². The molecule has 0 saturated carbocycles. The fourth-order valence-corrected chi connectivity index (χ4v) is 4.02. The van der Waals surface area contributed by atoms with Gasteiger partial charge in [0.15, 0.2) is 5.01 Å². The van der Waals surface area contributed by atoms with E-state index in [9.17, 15) is 0 Å². The molecule has 4 rings (SSSR count). The van der Waals surface area contributed by atoms with E-state index in [1.54, 1.807) is 11.3 Å². The van der Waals surface area contributed by atoms with Crippen LogP contribution in [0.4, 0.5) is 5.13 Å². The fraction of sp³-hybridized carbons (Fsp3) is 0.353. The average Bonchev–Trinajstić information content (AvgIpc) is 3.17. The number of nitrogens with one attached hydrogen (secondary N) is 1. The number of nitrogens with zero attached hydrogens (tertiary/aromatic N) is 3. The van der Waals surface area contributed by atoms with Crippen molar-refractivity contribution in [1.82, 2.24) is 15.2 Å². The lowest BCUT2D eigenvalue weighted by atomic mass is 9.97. The molecule has 0 saturated heterocycles. The number of fused-ring (bicyclic) bond motifs is 2. The molecule has 1 aliphatic carbocycles.